The normalized spacial score (nSPS) is 10.6. The molecule has 0 fully saturated rings. The molecule has 2 aromatic carbocycles. The zero-order valence-electron chi connectivity index (χ0n) is 13.9. The van der Waals surface area contributed by atoms with Gasteiger partial charge in [-0.2, -0.15) is 5.10 Å². The zero-order chi connectivity index (χ0) is 17.5. The molecule has 0 saturated heterocycles. The van der Waals surface area contributed by atoms with E-state index in [0.717, 1.165) is 16.9 Å². The summed E-state index contributed by atoms with van der Waals surface area (Å²) in [5.41, 5.74) is 4.94. The third-order valence-electron chi connectivity index (χ3n) is 3.58. The van der Waals surface area contributed by atoms with Crippen molar-refractivity contribution >= 4 is 12.1 Å². The Morgan fingerprint density at radius 1 is 1.21 bits per heavy atom. The van der Waals surface area contributed by atoms with Crippen molar-refractivity contribution in [3.63, 3.8) is 0 Å². The van der Waals surface area contributed by atoms with Gasteiger partial charge in [-0.1, -0.05) is 12.1 Å². The summed E-state index contributed by atoms with van der Waals surface area (Å²) in [6.45, 7) is 1.91. The molecule has 0 spiro atoms. The van der Waals surface area contributed by atoms with Gasteiger partial charge in [0.05, 0.1) is 26.9 Å². The Hall–Kier alpha value is -3.02. The van der Waals surface area contributed by atoms with Crippen LogP contribution in [0.25, 0.3) is 0 Å². The van der Waals surface area contributed by atoms with Gasteiger partial charge < -0.3 is 14.6 Å². The van der Waals surface area contributed by atoms with Crippen molar-refractivity contribution in [3.05, 3.63) is 53.1 Å². The van der Waals surface area contributed by atoms with Crippen LogP contribution in [0.3, 0.4) is 0 Å². The van der Waals surface area contributed by atoms with Crippen LogP contribution in [0.15, 0.2) is 41.5 Å². The smallest absolute Gasteiger partial charge is 0.244 e. The molecule has 0 atom stereocenters. The minimum absolute atomic E-state index is 0.0986. The summed E-state index contributed by atoms with van der Waals surface area (Å²) in [6, 6.07) is 10.2. The predicted octanol–water partition coefficient (Wildman–Crippen LogP) is 2.41. The van der Waals surface area contributed by atoms with Crippen LogP contribution in [0.1, 0.15) is 16.7 Å². The summed E-state index contributed by atoms with van der Waals surface area (Å²) < 4.78 is 10.4. The Kier molecular flexibility index (Phi) is 5.78. The largest absolute Gasteiger partial charge is 0.508 e. The van der Waals surface area contributed by atoms with Crippen LogP contribution >= 0.6 is 0 Å². The standard InChI is InChI=1S/C18H20N2O4/c1-12-13(5-4-6-16(12)23-2)9-18(22)20-19-11-14-7-8-15(21)10-17(14)24-3/h4-8,10-11,21H,9H2,1-3H3,(H,20,22). The second-order valence-corrected chi connectivity index (χ2v) is 5.14. The lowest BCUT2D eigenvalue weighted by Gasteiger charge is -2.09. The maximum absolute atomic E-state index is 12.0. The van der Waals surface area contributed by atoms with Gasteiger partial charge in [0, 0.05) is 11.6 Å². The Morgan fingerprint density at radius 2 is 1.96 bits per heavy atom. The average molecular weight is 328 g/mol. The van der Waals surface area contributed by atoms with Gasteiger partial charge in [0.25, 0.3) is 0 Å². The second kappa shape index (κ2) is 8.01. The molecule has 0 aliphatic heterocycles. The number of hydrogen-bond acceptors (Lipinski definition) is 5. The minimum Gasteiger partial charge on any atom is -0.508 e. The van der Waals surface area contributed by atoms with Crippen molar-refractivity contribution in [2.45, 2.75) is 13.3 Å². The van der Waals surface area contributed by atoms with E-state index in [1.807, 2.05) is 25.1 Å². The summed E-state index contributed by atoms with van der Waals surface area (Å²) >= 11 is 0. The number of benzene rings is 2. The molecule has 6 heteroatoms. The topological polar surface area (TPSA) is 80.2 Å². The molecule has 0 bridgehead atoms. The summed E-state index contributed by atoms with van der Waals surface area (Å²) in [5, 5.41) is 13.3. The van der Waals surface area contributed by atoms with Crippen LogP contribution < -0.4 is 14.9 Å². The number of carbonyl (C=O) groups is 1. The van der Waals surface area contributed by atoms with Crippen LogP contribution in [0, 0.1) is 6.92 Å². The Morgan fingerprint density at radius 3 is 2.67 bits per heavy atom. The third-order valence-corrected chi connectivity index (χ3v) is 3.58. The molecular weight excluding hydrogens is 308 g/mol. The van der Waals surface area contributed by atoms with Crippen molar-refractivity contribution < 1.29 is 19.4 Å². The van der Waals surface area contributed by atoms with E-state index in [0.29, 0.717) is 11.3 Å². The number of phenolic OH excluding ortho intramolecular Hbond substituents is 1. The van der Waals surface area contributed by atoms with Crippen LogP contribution in [0.4, 0.5) is 0 Å². The van der Waals surface area contributed by atoms with Crippen molar-refractivity contribution in [2.75, 3.05) is 14.2 Å². The van der Waals surface area contributed by atoms with Gasteiger partial charge in [-0.3, -0.25) is 4.79 Å². The number of ether oxygens (including phenoxy) is 2. The van der Waals surface area contributed by atoms with Crippen molar-refractivity contribution in [2.24, 2.45) is 5.10 Å². The monoisotopic (exact) mass is 328 g/mol. The second-order valence-electron chi connectivity index (χ2n) is 5.14. The van der Waals surface area contributed by atoms with E-state index in [2.05, 4.69) is 10.5 Å². The average Bonchev–Trinajstić information content (AvgIpc) is 2.58. The zero-order valence-corrected chi connectivity index (χ0v) is 13.9. The van der Waals surface area contributed by atoms with E-state index in [1.54, 1.807) is 13.2 Å². The van der Waals surface area contributed by atoms with Gasteiger partial charge in [-0.05, 0) is 36.2 Å². The quantitative estimate of drug-likeness (QED) is 0.630. The maximum atomic E-state index is 12.0. The molecule has 1 amide bonds. The molecule has 2 aromatic rings. The number of amides is 1. The predicted molar refractivity (Wildman–Crippen MR) is 91.8 cm³/mol. The number of nitrogens with one attached hydrogen (secondary N) is 1. The number of aromatic hydroxyl groups is 1. The van der Waals surface area contributed by atoms with Gasteiger partial charge in [0.15, 0.2) is 0 Å². The lowest BCUT2D eigenvalue weighted by molar-refractivity contribution is -0.120. The molecule has 2 N–H and O–H groups in total. The van der Waals surface area contributed by atoms with Crippen LogP contribution in [-0.2, 0) is 11.2 Å². The number of methoxy groups -OCH3 is 2. The van der Waals surface area contributed by atoms with Crippen molar-refractivity contribution in [1.82, 2.24) is 5.43 Å². The molecular formula is C18H20N2O4. The molecule has 0 saturated carbocycles. The molecule has 0 radical (unpaired) electrons. The molecule has 2 rings (SSSR count). The maximum Gasteiger partial charge on any atom is 0.244 e. The number of hydrazone groups is 1. The van der Waals surface area contributed by atoms with Gasteiger partial charge in [0.2, 0.25) is 5.91 Å². The summed E-state index contributed by atoms with van der Waals surface area (Å²) in [4.78, 5) is 12.0. The lowest BCUT2D eigenvalue weighted by atomic mass is 10.0. The van der Waals surface area contributed by atoms with Gasteiger partial charge in [0.1, 0.15) is 17.2 Å². The van der Waals surface area contributed by atoms with E-state index >= 15 is 0 Å². The highest BCUT2D eigenvalue weighted by Crippen LogP contribution is 2.22. The first-order valence-corrected chi connectivity index (χ1v) is 7.36. The van der Waals surface area contributed by atoms with Crippen LogP contribution in [0.2, 0.25) is 0 Å². The van der Waals surface area contributed by atoms with E-state index in [9.17, 15) is 9.90 Å². The minimum atomic E-state index is -0.236. The molecule has 126 valence electrons. The van der Waals surface area contributed by atoms with Crippen LogP contribution in [0.5, 0.6) is 17.2 Å². The number of hydrogen-bond donors (Lipinski definition) is 2. The van der Waals surface area contributed by atoms with Gasteiger partial charge in [-0.15, -0.1) is 0 Å². The highest BCUT2D eigenvalue weighted by molar-refractivity contribution is 5.86. The number of phenols is 1. The first kappa shape index (κ1) is 17.3. The first-order chi connectivity index (χ1) is 11.5. The summed E-state index contributed by atoms with van der Waals surface area (Å²) in [7, 11) is 3.10. The molecule has 6 nitrogen and oxygen atoms in total. The van der Waals surface area contributed by atoms with E-state index < -0.39 is 0 Å². The Balaban J connectivity index is 2.01. The molecule has 0 aromatic heterocycles. The number of nitrogens with zero attached hydrogens (tertiary/aromatic N) is 1. The SMILES string of the molecule is COc1cc(O)ccc1C=NNC(=O)Cc1cccc(OC)c1C. The summed E-state index contributed by atoms with van der Waals surface area (Å²) in [6.07, 6.45) is 1.67. The fourth-order valence-electron chi connectivity index (χ4n) is 2.27. The van der Waals surface area contributed by atoms with Gasteiger partial charge >= 0.3 is 0 Å². The fourth-order valence-corrected chi connectivity index (χ4v) is 2.27. The van der Waals surface area contributed by atoms with E-state index in [1.165, 1.54) is 25.5 Å². The third kappa shape index (κ3) is 4.25. The molecule has 0 aliphatic carbocycles. The van der Waals surface area contributed by atoms with E-state index in [4.69, 9.17) is 9.47 Å². The summed E-state index contributed by atoms with van der Waals surface area (Å²) in [5.74, 6) is 1.08. The Bertz CT molecular complexity index is 757. The first-order valence-electron chi connectivity index (χ1n) is 7.36. The molecule has 0 aliphatic rings. The fraction of sp³-hybridized carbons (Fsp3) is 0.222. The van der Waals surface area contributed by atoms with Crippen molar-refractivity contribution in [1.29, 1.82) is 0 Å². The highest BCUT2D eigenvalue weighted by atomic mass is 16.5. The lowest BCUT2D eigenvalue weighted by Crippen LogP contribution is -2.20. The molecule has 0 heterocycles. The van der Waals surface area contributed by atoms with E-state index in [-0.39, 0.29) is 18.1 Å². The Labute approximate surface area is 140 Å². The molecule has 24 heavy (non-hydrogen) atoms. The number of carbonyl (C=O) groups excluding carboxylic acids is 1. The molecule has 0 unspecified atom stereocenters. The van der Waals surface area contributed by atoms with Crippen LogP contribution in [-0.4, -0.2) is 31.4 Å². The highest BCUT2D eigenvalue weighted by Gasteiger charge is 2.08. The van der Waals surface area contributed by atoms with Gasteiger partial charge in [-0.25, -0.2) is 5.43 Å². The van der Waals surface area contributed by atoms with Crippen molar-refractivity contribution in [3.8, 4) is 17.2 Å². The number of rotatable bonds is 6.